The first-order valence-corrected chi connectivity index (χ1v) is 7.69. The zero-order valence-electron chi connectivity index (χ0n) is 11.3. The number of aliphatic hydroxyl groups is 1. The van der Waals surface area contributed by atoms with Crippen LogP contribution in [-0.2, 0) is 6.54 Å². The van der Waals surface area contributed by atoms with Crippen molar-refractivity contribution in [2.45, 2.75) is 38.3 Å². The van der Waals surface area contributed by atoms with Crippen molar-refractivity contribution >= 4 is 21.6 Å². The SMILES string of the molecule is O=[N+]([O-])c1cc(CN2CCCCCC2CO)ccc1Br. The highest BCUT2D eigenvalue weighted by molar-refractivity contribution is 9.10. The van der Waals surface area contributed by atoms with Crippen molar-refractivity contribution in [3.05, 3.63) is 38.3 Å². The van der Waals surface area contributed by atoms with E-state index in [9.17, 15) is 15.2 Å². The molecular formula is C14H19BrN2O3. The molecule has 1 aromatic rings. The van der Waals surface area contributed by atoms with Crippen molar-refractivity contribution < 1.29 is 10.0 Å². The van der Waals surface area contributed by atoms with Crippen molar-refractivity contribution in [3.63, 3.8) is 0 Å². The summed E-state index contributed by atoms with van der Waals surface area (Å²) in [5, 5.41) is 20.5. The molecule has 5 nitrogen and oxygen atoms in total. The van der Waals surface area contributed by atoms with Crippen LogP contribution in [0.4, 0.5) is 5.69 Å². The van der Waals surface area contributed by atoms with Crippen molar-refractivity contribution in [2.75, 3.05) is 13.2 Å². The first kappa shape index (κ1) is 15.4. The van der Waals surface area contributed by atoms with Crippen LogP contribution in [0.1, 0.15) is 31.2 Å². The molecule has 1 N–H and O–H groups in total. The van der Waals surface area contributed by atoms with E-state index >= 15 is 0 Å². The average molecular weight is 343 g/mol. The number of nitro benzene ring substituents is 1. The van der Waals surface area contributed by atoms with Gasteiger partial charge < -0.3 is 5.11 Å². The number of nitrogens with zero attached hydrogens (tertiary/aromatic N) is 2. The van der Waals surface area contributed by atoms with Crippen LogP contribution in [0.15, 0.2) is 22.7 Å². The fourth-order valence-corrected chi connectivity index (χ4v) is 3.07. The average Bonchev–Trinajstić information content (AvgIpc) is 2.65. The summed E-state index contributed by atoms with van der Waals surface area (Å²) in [5.74, 6) is 0. The number of rotatable bonds is 4. The third-order valence-corrected chi connectivity index (χ3v) is 4.47. The van der Waals surface area contributed by atoms with Crippen LogP contribution in [0.5, 0.6) is 0 Å². The van der Waals surface area contributed by atoms with Gasteiger partial charge in [-0.2, -0.15) is 0 Å². The Labute approximate surface area is 126 Å². The van der Waals surface area contributed by atoms with E-state index in [1.54, 1.807) is 12.1 Å². The summed E-state index contributed by atoms with van der Waals surface area (Å²) >= 11 is 3.20. The number of hydrogen-bond acceptors (Lipinski definition) is 4. The topological polar surface area (TPSA) is 66.6 Å². The first-order chi connectivity index (χ1) is 9.61. The predicted molar refractivity (Wildman–Crippen MR) is 80.5 cm³/mol. The zero-order valence-corrected chi connectivity index (χ0v) is 12.9. The Hall–Kier alpha value is -0.980. The Morgan fingerprint density at radius 1 is 1.40 bits per heavy atom. The van der Waals surface area contributed by atoms with E-state index in [1.807, 2.05) is 6.07 Å². The summed E-state index contributed by atoms with van der Waals surface area (Å²) in [6, 6.07) is 5.40. The summed E-state index contributed by atoms with van der Waals surface area (Å²) in [7, 11) is 0. The van der Waals surface area contributed by atoms with Gasteiger partial charge in [0, 0.05) is 18.7 Å². The van der Waals surface area contributed by atoms with Crippen molar-refractivity contribution in [3.8, 4) is 0 Å². The molecule has 6 heteroatoms. The minimum atomic E-state index is -0.375. The second-order valence-electron chi connectivity index (χ2n) is 5.20. The maximum Gasteiger partial charge on any atom is 0.283 e. The lowest BCUT2D eigenvalue weighted by molar-refractivity contribution is -0.385. The van der Waals surface area contributed by atoms with Crippen LogP contribution in [0.3, 0.4) is 0 Å². The van der Waals surface area contributed by atoms with Gasteiger partial charge in [-0.05, 0) is 46.9 Å². The second kappa shape index (κ2) is 7.15. The normalized spacial score (nSPS) is 20.6. The molecule has 1 heterocycles. The number of aliphatic hydroxyl groups excluding tert-OH is 1. The van der Waals surface area contributed by atoms with Gasteiger partial charge in [-0.3, -0.25) is 15.0 Å². The fraction of sp³-hybridized carbons (Fsp3) is 0.571. The Bertz CT molecular complexity index is 481. The molecule has 1 saturated heterocycles. The van der Waals surface area contributed by atoms with E-state index in [0.29, 0.717) is 11.0 Å². The molecule has 110 valence electrons. The number of likely N-dealkylation sites (tertiary alicyclic amines) is 1. The van der Waals surface area contributed by atoms with E-state index in [2.05, 4.69) is 20.8 Å². The Morgan fingerprint density at radius 2 is 2.20 bits per heavy atom. The third-order valence-electron chi connectivity index (χ3n) is 3.80. The molecule has 0 radical (unpaired) electrons. The largest absolute Gasteiger partial charge is 0.395 e. The van der Waals surface area contributed by atoms with Crippen molar-refractivity contribution in [1.82, 2.24) is 4.90 Å². The molecule has 1 fully saturated rings. The van der Waals surface area contributed by atoms with Gasteiger partial charge in [-0.1, -0.05) is 18.9 Å². The minimum Gasteiger partial charge on any atom is -0.395 e. The van der Waals surface area contributed by atoms with Gasteiger partial charge in [0.15, 0.2) is 0 Å². The lowest BCUT2D eigenvalue weighted by Gasteiger charge is -2.28. The molecular weight excluding hydrogens is 324 g/mol. The molecule has 0 aromatic heterocycles. The van der Waals surface area contributed by atoms with Gasteiger partial charge in [0.1, 0.15) is 0 Å². The number of hydrogen-bond donors (Lipinski definition) is 1. The Morgan fingerprint density at radius 3 is 2.90 bits per heavy atom. The first-order valence-electron chi connectivity index (χ1n) is 6.89. The van der Waals surface area contributed by atoms with Crippen LogP contribution < -0.4 is 0 Å². The van der Waals surface area contributed by atoms with Crippen LogP contribution in [-0.4, -0.2) is 34.1 Å². The van der Waals surface area contributed by atoms with Gasteiger partial charge in [-0.15, -0.1) is 0 Å². The van der Waals surface area contributed by atoms with Crippen LogP contribution in [0.25, 0.3) is 0 Å². The molecule has 0 spiro atoms. The predicted octanol–water partition coefficient (Wildman–Crippen LogP) is 3.09. The number of benzene rings is 1. The number of nitro groups is 1. The smallest absolute Gasteiger partial charge is 0.283 e. The Balaban J connectivity index is 2.15. The van der Waals surface area contributed by atoms with Gasteiger partial charge in [-0.25, -0.2) is 0 Å². The summed E-state index contributed by atoms with van der Waals surface area (Å²) in [5.41, 5.74) is 1.01. The van der Waals surface area contributed by atoms with Crippen molar-refractivity contribution in [2.24, 2.45) is 0 Å². The van der Waals surface area contributed by atoms with Crippen LogP contribution in [0.2, 0.25) is 0 Å². The lowest BCUT2D eigenvalue weighted by Crippen LogP contribution is -2.36. The molecule has 0 bridgehead atoms. The maximum atomic E-state index is 11.0. The monoisotopic (exact) mass is 342 g/mol. The molecule has 1 atom stereocenters. The molecule has 2 rings (SSSR count). The molecule has 0 amide bonds. The van der Waals surface area contributed by atoms with Gasteiger partial charge in [0.25, 0.3) is 5.69 Å². The maximum absolute atomic E-state index is 11.0. The molecule has 0 saturated carbocycles. The van der Waals surface area contributed by atoms with E-state index in [4.69, 9.17) is 0 Å². The lowest BCUT2D eigenvalue weighted by atomic mass is 10.1. The molecule has 1 aliphatic heterocycles. The highest BCUT2D eigenvalue weighted by atomic mass is 79.9. The van der Waals surface area contributed by atoms with Crippen molar-refractivity contribution in [1.29, 1.82) is 0 Å². The molecule has 1 aromatic carbocycles. The summed E-state index contributed by atoms with van der Waals surface area (Å²) < 4.78 is 0.501. The highest BCUT2D eigenvalue weighted by Gasteiger charge is 2.21. The van der Waals surface area contributed by atoms with E-state index < -0.39 is 0 Å². The van der Waals surface area contributed by atoms with E-state index in [-0.39, 0.29) is 23.3 Å². The zero-order chi connectivity index (χ0) is 14.5. The summed E-state index contributed by atoms with van der Waals surface area (Å²) in [4.78, 5) is 12.8. The molecule has 20 heavy (non-hydrogen) atoms. The fourth-order valence-electron chi connectivity index (χ4n) is 2.68. The van der Waals surface area contributed by atoms with Gasteiger partial charge in [0.2, 0.25) is 0 Å². The Kier molecular flexibility index (Phi) is 5.51. The van der Waals surface area contributed by atoms with Gasteiger partial charge in [0.05, 0.1) is 16.0 Å². The summed E-state index contributed by atoms with van der Waals surface area (Å²) in [6.07, 6.45) is 4.44. The molecule has 1 aliphatic rings. The standard InChI is InChI=1S/C14H19BrN2O3/c15-13-6-5-11(8-14(13)17(19)20)9-16-7-3-1-2-4-12(16)10-18/h5-6,8,12,18H,1-4,7,9-10H2. The molecule has 1 unspecified atom stereocenters. The van der Waals surface area contributed by atoms with Crippen LogP contribution >= 0.6 is 15.9 Å². The quantitative estimate of drug-likeness (QED) is 0.674. The number of halogens is 1. The van der Waals surface area contributed by atoms with Crippen LogP contribution in [0, 0.1) is 10.1 Å². The molecule has 0 aliphatic carbocycles. The highest BCUT2D eigenvalue weighted by Crippen LogP contribution is 2.27. The second-order valence-corrected chi connectivity index (χ2v) is 6.05. The van der Waals surface area contributed by atoms with E-state index in [1.165, 1.54) is 6.42 Å². The summed E-state index contributed by atoms with van der Waals surface area (Å²) in [6.45, 7) is 1.74. The van der Waals surface area contributed by atoms with Gasteiger partial charge >= 0.3 is 0 Å². The minimum absolute atomic E-state index is 0.0953. The third kappa shape index (κ3) is 3.77. The van der Waals surface area contributed by atoms with E-state index in [0.717, 1.165) is 31.4 Å².